The van der Waals surface area contributed by atoms with Gasteiger partial charge in [-0.1, -0.05) is 30.3 Å². The van der Waals surface area contributed by atoms with E-state index in [9.17, 15) is 95.5 Å². The highest BCUT2D eigenvalue weighted by Gasteiger charge is 2.64. The van der Waals surface area contributed by atoms with Crippen molar-refractivity contribution >= 4 is 42.0 Å². The summed E-state index contributed by atoms with van der Waals surface area (Å²) in [5.74, 6) is -9.43. The van der Waals surface area contributed by atoms with Crippen molar-refractivity contribution in [2.45, 2.75) is 161 Å². The lowest BCUT2D eigenvalue weighted by molar-refractivity contribution is -0.423. The molecule has 14 N–H and O–H groups in total. The van der Waals surface area contributed by atoms with Crippen LogP contribution in [0.4, 0.5) is 0 Å². The maximum atomic E-state index is 14.4. The number of aliphatic hydroxyl groups excluding tert-OH is 12. The second-order valence-corrected chi connectivity index (χ2v) is 22.4. The largest absolute Gasteiger partial charge is 0.504 e. The fourth-order valence-corrected chi connectivity index (χ4v) is 10.8. The highest BCUT2D eigenvalue weighted by molar-refractivity contribution is 5.90. The van der Waals surface area contributed by atoms with Gasteiger partial charge in [-0.25, -0.2) is 14.4 Å². The zero-order valence-corrected chi connectivity index (χ0v) is 51.5. The second-order valence-electron chi connectivity index (χ2n) is 22.4. The molecule has 0 aromatic heterocycles. The molecule has 35 nitrogen and oxygen atoms in total. The number of methoxy groups -OCH3 is 2. The first-order chi connectivity index (χ1) is 45.7. The minimum atomic E-state index is -3.03. The number of esters is 5. The van der Waals surface area contributed by atoms with E-state index in [-0.39, 0.29) is 39.7 Å². The standard InChI is InChI=1S/C61H76O35/c1-26(65)83-23-38-51(91-57-48(77)45(74)42(71)35(20-62)86-57)47(76)50(79)59(88-38)92-53-52(90-41(70)17-13-29-10-14-31(67)34(19-29)82-4)39(24-84-27(2)66)89-60(54(53)93-58-49(78)46(75)43(72)36(21-63)87-58)96-61(25-85-40(69)16-12-28-11-15-33(81-3)32(68)18-28)55(44(73)37(22-64)95-61)94-56(80)30-8-6-5-7-9-30/h5-19,35-39,42-55,57-60,62-64,67-68,71-79H,20-25H2,1-4H3/b16-12+,17-13-/t35-,36-,37-,38-,39-,42-,43-,44-,45+,46+,47-,48-,49-,50-,51-,52-,53+,54-,55+,57+,58+,59+,60-,61+/m1/s1. The summed E-state index contributed by atoms with van der Waals surface area (Å²) >= 11 is 0. The normalized spacial score (nSPS) is 35.4. The van der Waals surface area contributed by atoms with Crippen LogP contribution in [0.1, 0.15) is 35.3 Å². The van der Waals surface area contributed by atoms with Gasteiger partial charge in [-0.2, -0.15) is 0 Å². The molecule has 0 unspecified atom stereocenters. The zero-order valence-electron chi connectivity index (χ0n) is 51.5. The molecule has 35 heteroatoms. The Labute approximate surface area is 545 Å². The average molecular weight is 1370 g/mol. The summed E-state index contributed by atoms with van der Waals surface area (Å²) < 4.78 is 94.1. The van der Waals surface area contributed by atoms with Crippen molar-refractivity contribution in [3.05, 3.63) is 95.6 Å². The van der Waals surface area contributed by atoms with Crippen LogP contribution in [-0.4, -0.2) is 302 Å². The third-order valence-corrected chi connectivity index (χ3v) is 15.8. The Hall–Kier alpha value is -7.15. The van der Waals surface area contributed by atoms with Crippen LogP contribution >= 0.6 is 0 Å². The van der Waals surface area contributed by atoms with E-state index in [2.05, 4.69) is 0 Å². The minimum Gasteiger partial charge on any atom is -0.504 e. The Kier molecular flexibility index (Phi) is 26.0. The Morgan fingerprint density at radius 1 is 0.479 bits per heavy atom. The number of aromatic hydroxyl groups is 2. The van der Waals surface area contributed by atoms with Crippen molar-refractivity contribution in [3.63, 3.8) is 0 Å². The van der Waals surface area contributed by atoms with Crippen LogP contribution in [0.15, 0.2) is 78.9 Å². The van der Waals surface area contributed by atoms with Crippen molar-refractivity contribution in [1.29, 1.82) is 0 Å². The molecule has 5 heterocycles. The van der Waals surface area contributed by atoms with E-state index in [1.807, 2.05) is 0 Å². The molecule has 3 aromatic carbocycles. The number of aliphatic hydroxyl groups is 12. The number of benzene rings is 3. The van der Waals surface area contributed by atoms with E-state index in [0.29, 0.717) is 0 Å². The van der Waals surface area contributed by atoms with Gasteiger partial charge in [0.15, 0.2) is 60.4 Å². The van der Waals surface area contributed by atoms with E-state index < -0.39 is 216 Å². The van der Waals surface area contributed by atoms with Gasteiger partial charge in [0.2, 0.25) is 5.79 Å². The topological polar surface area (TPSA) is 516 Å². The van der Waals surface area contributed by atoms with Gasteiger partial charge in [0.1, 0.15) is 124 Å². The van der Waals surface area contributed by atoms with Gasteiger partial charge in [0, 0.05) is 26.0 Å². The maximum Gasteiger partial charge on any atom is 0.338 e. The summed E-state index contributed by atoms with van der Waals surface area (Å²) in [5.41, 5.74) is 0.262. The number of phenolic OH excluding ortho intramolecular Hbond substituents is 2. The molecule has 24 atom stereocenters. The molecule has 3 aromatic rings. The van der Waals surface area contributed by atoms with Crippen LogP contribution in [0.5, 0.6) is 23.0 Å². The summed E-state index contributed by atoms with van der Waals surface area (Å²) in [5, 5.41) is 154. The van der Waals surface area contributed by atoms with Gasteiger partial charge in [-0.05, 0) is 59.7 Å². The lowest BCUT2D eigenvalue weighted by atomic mass is 9.95. The molecule has 0 amide bonds. The summed E-state index contributed by atoms with van der Waals surface area (Å²) in [6.45, 7) is -4.53. The SMILES string of the molecule is COc1ccc(/C=C/C(=O)OC[C@@]2(O[C@H]3O[C@H](COC(C)=O)[C@@H](OC(=O)/C=C\c4ccc(O)c(OC)c4)[C@H](O[C@@H]4O[C@H](COC(C)=O)[C@@H](O[C@@H]5O[C@H](CO)[C@@H](O)[C@H](O)[C@H]5O)[C@H](O)[C@H]4O)[C@H]3O[C@@H]3O[C@H](CO)[C@@H](O)[C@H](O)[C@H]3O)O[C@H](CO)[C@@H](O)[C@@H]2OC(=O)c2ccccc2)cc1O. The molecule has 0 bridgehead atoms. The van der Waals surface area contributed by atoms with Crippen molar-refractivity contribution < 1.29 is 171 Å². The van der Waals surface area contributed by atoms with Gasteiger partial charge in [0.05, 0.1) is 39.6 Å². The third-order valence-electron chi connectivity index (χ3n) is 15.8. The molecule has 0 aliphatic carbocycles. The number of carbonyl (C=O) groups excluding carboxylic acids is 5. The summed E-state index contributed by atoms with van der Waals surface area (Å²) in [6.07, 6.45) is -45.7. The molecule has 530 valence electrons. The Morgan fingerprint density at radius 3 is 1.53 bits per heavy atom. The lowest BCUT2D eigenvalue weighted by Crippen LogP contribution is -2.69. The molecular formula is C61H76O35. The first-order valence-electron chi connectivity index (χ1n) is 29.6. The fourth-order valence-electron chi connectivity index (χ4n) is 10.8. The van der Waals surface area contributed by atoms with E-state index in [0.717, 1.165) is 32.1 Å². The maximum absolute atomic E-state index is 14.4. The molecule has 5 fully saturated rings. The monoisotopic (exact) mass is 1370 g/mol. The highest BCUT2D eigenvalue weighted by atomic mass is 16.8. The first kappa shape index (κ1) is 74.6. The average Bonchev–Trinajstić information content (AvgIpc) is 1.42. The van der Waals surface area contributed by atoms with Gasteiger partial charge >= 0.3 is 29.8 Å². The summed E-state index contributed by atoms with van der Waals surface area (Å²) in [6, 6.07) is 14.9. The molecule has 8 rings (SSSR count). The predicted octanol–water partition coefficient (Wildman–Crippen LogP) is -4.96. The highest BCUT2D eigenvalue weighted by Crippen LogP contribution is 2.43. The van der Waals surface area contributed by atoms with Crippen LogP contribution < -0.4 is 9.47 Å². The number of ether oxygens (including phenoxy) is 16. The van der Waals surface area contributed by atoms with Crippen LogP contribution in [0.2, 0.25) is 0 Å². The Morgan fingerprint density at radius 2 is 0.979 bits per heavy atom. The van der Waals surface area contributed by atoms with Gasteiger partial charge in [0.25, 0.3) is 0 Å². The molecule has 0 saturated carbocycles. The quantitative estimate of drug-likeness (QED) is 0.0203. The summed E-state index contributed by atoms with van der Waals surface area (Å²) in [4.78, 5) is 67.7. The molecule has 5 aliphatic heterocycles. The van der Waals surface area contributed by atoms with Crippen LogP contribution in [0.25, 0.3) is 12.2 Å². The zero-order chi connectivity index (χ0) is 69.9. The van der Waals surface area contributed by atoms with E-state index >= 15 is 0 Å². The molecule has 5 aliphatic rings. The number of carbonyl (C=O) groups is 5. The smallest absolute Gasteiger partial charge is 0.338 e. The van der Waals surface area contributed by atoms with Gasteiger partial charge in [-0.15, -0.1) is 0 Å². The Balaban J connectivity index is 1.29. The number of hydrogen-bond donors (Lipinski definition) is 14. The van der Waals surface area contributed by atoms with Crippen molar-refractivity contribution in [2.75, 3.05) is 53.9 Å². The first-order valence-corrected chi connectivity index (χ1v) is 29.6. The third kappa shape index (κ3) is 17.6. The Bertz CT molecular complexity index is 3150. The molecular weight excluding hydrogens is 1290 g/mol. The van der Waals surface area contributed by atoms with Crippen molar-refractivity contribution in [2.24, 2.45) is 0 Å². The van der Waals surface area contributed by atoms with E-state index in [1.165, 1.54) is 81.0 Å². The fraction of sp³-hybridized carbons (Fsp3) is 0.557. The number of phenols is 2. The molecule has 96 heavy (non-hydrogen) atoms. The lowest BCUT2D eigenvalue weighted by Gasteiger charge is -2.51. The van der Waals surface area contributed by atoms with Crippen LogP contribution in [0, 0.1) is 0 Å². The number of rotatable bonds is 26. The molecule has 0 radical (unpaired) electrons. The van der Waals surface area contributed by atoms with Gasteiger partial charge in [-0.3, -0.25) is 9.59 Å². The van der Waals surface area contributed by atoms with Gasteiger partial charge < -0.3 is 147 Å². The number of hydrogen-bond acceptors (Lipinski definition) is 35. The minimum absolute atomic E-state index is 0.0405. The van der Waals surface area contributed by atoms with Crippen LogP contribution in [0.3, 0.4) is 0 Å². The molecule has 5 saturated heterocycles. The van der Waals surface area contributed by atoms with Crippen molar-refractivity contribution in [1.82, 2.24) is 0 Å². The van der Waals surface area contributed by atoms with Crippen molar-refractivity contribution in [3.8, 4) is 23.0 Å². The van der Waals surface area contributed by atoms with E-state index in [4.69, 9.17) is 75.8 Å². The second kappa shape index (κ2) is 33.4. The van der Waals surface area contributed by atoms with Crippen LogP contribution in [-0.2, 0) is 85.5 Å². The summed E-state index contributed by atoms with van der Waals surface area (Å²) in [7, 11) is 2.54. The van der Waals surface area contributed by atoms with E-state index in [1.54, 1.807) is 6.07 Å². The predicted molar refractivity (Wildman–Crippen MR) is 310 cm³/mol. The molecule has 0 spiro atoms.